The predicted octanol–water partition coefficient (Wildman–Crippen LogP) is 2.92. The van der Waals surface area contributed by atoms with Gasteiger partial charge in [0.25, 0.3) is 17.5 Å². The van der Waals surface area contributed by atoms with Gasteiger partial charge in [-0.1, -0.05) is 19.9 Å². The summed E-state index contributed by atoms with van der Waals surface area (Å²) in [5.41, 5.74) is 1.03. The standard InChI is InChI=1S/C20H24N4O4/c1-3-23(4-2)13-12-21-19(25)15-8-10-17(11-9-15)22-20(26)16-6-5-7-18(14-16)24(27)28/h5-11,14H,3-4,12-13H2,1-2H3,(H,21,25)(H,22,26). The van der Waals surface area contributed by atoms with Crippen LogP contribution >= 0.6 is 0 Å². The molecule has 0 aliphatic carbocycles. The number of anilines is 1. The van der Waals surface area contributed by atoms with Crippen molar-refractivity contribution in [3.05, 3.63) is 69.8 Å². The summed E-state index contributed by atoms with van der Waals surface area (Å²) in [5.74, 6) is -0.635. The molecule has 0 saturated carbocycles. The molecule has 8 heteroatoms. The van der Waals surface area contributed by atoms with Gasteiger partial charge in [-0.3, -0.25) is 19.7 Å². The molecule has 0 bridgehead atoms. The molecule has 0 spiro atoms. The monoisotopic (exact) mass is 384 g/mol. The molecule has 0 aliphatic rings. The van der Waals surface area contributed by atoms with Gasteiger partial charge in [-0.15, -0.1) is 0 Å². The summed E-state index contributed by atoms with van der Waals surface area (Å²) in [5, 5.41) is 16.3. The Labute approximate surface area is 163 Å². The first-order chi connectivity index (χ1) is 13.4. The highest BCUT2D eigenvalue weighted by molar-refractivity contribution is 6.05. The van der Waals surface area contributed by atoms with Crippen molar-refractivity contribution in [3.8, 4) is 0 Å². The van der Waals surface area contributed by atoms with E-state index in [0.717, 1.165) is 19.6 Å². The van der Waals surface area contributed by atoms with E-state index in [-0.39, 0.29) is 17.2 Å². The molecule has 0 radical (unpaired) electrons. The van der Waals surface area contributed by atoms with Crippen molar-refractivity contribution in [2.45, 2.75) is 13.8 Å². The van der Waals surface area contributed by atoms with E-state index in [1.807, 2.05) is 0 Å². The molecule has 148 valence electrons. The number of nitrogens with one attached hydrogen (secondary N) is 2. The van der Waals surface area contributed by atoms with E-state index in [9.17, 15) is 19.7 Å². The zero-order chi connectivity index (χ0) is 20.5. The summed E-state index contributed by atoms with van der Waals surface area (Å²) < 4.78 is 0. The lowest BCUT2D eigenvalue weighted by Gasteiger charge is -2.18. The highest BCUT2D eigenvalue weighted by Gasteiger charge is 2.12. The maximum absolute atomic E-state index is 12.3. The molecule has 2 rings (SSSR count). The topological polar surface area (TPSA) is 105 Å². The summed E-state index contributed by atoms with van der Waals surface area (Å²) in [6.45, 7) is 7.37. The Morgan fingerprint density at radius 1 is 1.00 bits per heavy atom. The van der Waals surface area contributed by atoms with Gasteiger partial charge < -0.3 is 15.5 Å². The number of rotatable bonds is 9. The first-order valence-corrected chi connectivity index (χ1v) is 9.11. The summed E-state index contributed by atoms with van der Waals surface area (Å²) >= 11 is 0. The van der Waals surface area contributed by atoms with Crippen LogP contribution < -0.4 is 10.6 Å². The molecular weight excluding hydrogens is 360 g/mol. The van der Waals surface area contributed by atoms with Gasteiger partial charge in [-0.2, -0.15) is 0 Å². The lowest BCUT2D eigenvalue weighted by molar-refractivity contribution is -0.384. The molecule has 0 aromatic heterocycles. The van der Waals surface area contributed by atoms with Gasteiger partial charge in [0.1, 0.15) is 0 Å². The van der Waals surface area contributed by atoms with Crippen LogP contribution in [0.1, 0.15) is 34.6 Å². The minimum Gasteiger partial charge on any atom is -0.351 e. The smallest absolute Gasteiger partial charge is 0.270 e. The van der Waals surface area contributed by atoms with Gasteiger partial charge in [-0.05, 0) is 43.4 Å². The summed E-state index contributed by atoms with van der Waals surface area (Å²) in [6, 6.07) is 12.0. The minimum absolute atomic E-state index is 0.149. The third kappa shape index (κ3) is 5.88. The van der Waals surface area contributed by atoms with Crippen molar-refractivity contribution in [1.29, 1.82) is 0 Å². The lowest BCUT2D eigenvalue weighted by Crippen LogP contribution is -2.34. The van der Waals surface area contributed by atoms with Crippen molar-refractivity contribution in [3.63, 3.8) is 0 Å². The van der Waals surface area contributed by atoms with Crippen LogP contribution in [0.25, 0.3) is 0 Å². The lowest BCUT2D eigenvalue weighted by atomic mass is 10.1. The first kappa shape index (κ1) is 21.0. The zero-order valence-electron chi connectivity index (χ0n) is 16.0. The minimum atomic E-state index is -0.551. The number of benzene rings is 2. The highest BCUT2D eigenvalue weighted by atomic mass is 16.6. The van der Waals surface area contributed by atoms with Crippen LogP contribution in [-0.4, -0.2) is 47.8 Å². The number of hydrogen-bond donors (Lipinski definition) is 2. The first-order valence-electron chi connectivity index (χ1n) is 9.11. The summed E-state index contributed by atoms with van der Waals surface area (Å²) in [4.78, 5) is 36.9. The molecule has 0 atom stereocenters. The second-order valence-electron chi connectivity index (χ2n) is 6.12. The van der Waals surface area contributed by atoms with E-state index >= 15 is 0 Å². The number of hydrogen-bond acceptors (Lipinski definition) is 5. The number of nitro benzene ring substituents is 1. The van der Waals surface area contributed by atoms with E-state index in [0.29, 0.717) is 17.8 Å². The average molecular weight is 384 g/mol. The van der Waals surface area contributed by atoms with E-state index < -0.39 is 10.8 Å². The molecular formula is C20H24N4O4. The third-order valence-electron chi connectivity index (χ3n) is 4.33. The molecule has 8 nitrogen and oxygen atoms in total. The quantitative estimate of drug-likeness (QED) is 0.511. The van der Waals surface area contributed by atoms with E-state index in [4.69, 9.17) is 0 Å². The van der Waals surface area contributed by atoms with Crippen molar-refractivity contribution in [1.82, 2.24) is 10.2 Å². The summed E-state index contributed by atoms with van der Waals surface area (Å²) in [7, 11) is 0. The van der Waals surface area contributed by atoms with Crippen LogP contribution in [-0.2, 0) is 0 Å². The van der Waals surface area contributed by atoms with Gasteiger partial charge >= 0.3 is 0 Å². The van der Waals surface area contributed by atoms with E-state index in [1.165, 1.54) is 24.3 Å². The molecule has 0 aliphatic heterocycles. The number of likely N-dealkylation sites (N-methyl/N-ethyl adjacent to an activating group) is 1. The SMILES string of the molecule is CCN(CC)CCNC(=O)c1ccc(NC(=O)c2cccc([N+](=O)[O-])c2)cc1. The number of nitrogens with zero attached hydrogens (tertiary/aromatic N) is 2. The Kier molecular flexibility index (Phi) is 7.65. The van der Waals surface area contributed by atoms with Crippen LogP contribution in [0.2, 0.25) is 0 Å². The molecule has 0 fully saturated rings. The highest BCUT2D eigenvalue weighted by Crippen LogP contribution is 2.16. The van der Waals surface area contributed by atoms with Crippen molar-refractivity contribution >= 4 is 23.2 Å². The van der Waals surface area contributed by atoms with E-state index in [1.54, 1.807) is 24.3 Å². The Bertz CT molecular complexity index is 832. The molecule has 2 aromatic rings. The van der Waals surface area contributed by atoms with Crippen molar-refractivity contribution in [2.24, 2.45) is 0 Å². The maximum atomic E-state index is 12.3. The fraction of sp³-hybridized carbons (Fsp3) is 0.300. The fourth-order valence-corrected chi connectivity index (χ4v) is 2.64. The van der Waals surface area contributed by atoms with Gasteiger partial charge in [0.2, 0.25) is 0 Å². The van der Waals surface area contributed by atoms with E-state index in [2.05, 4.69) is 29.4 Å². The Morgan fingerprint density at radius 3 is 2.29 bits per heavy atom. The molecule has 2 N–H and O–H groups in total. The van der Waals surface area contributed by atoms with Crippen LogP contribution in [0.5, 0.6) is 0 Å². The van der Waals surface area contributed by atoms with Gasteiger partial charge in [0.05, 0.1) is 4.92 Å². The predicted molar refractivity (Wildman–Crippen MR) is 108 cm³/mol. The largest absolute Gasteiger partial charge is 0.351 e. The van der Waals surface area contributed by atoms with Crippen LogP contribution in [0.15, 0.2) is 48.5 Å². The number of amides is 2. The molecule has 0 heterocycles. The molecule has 0 saturated heterocycles. The second-order valence-corrected chi connectivity index (χ2v) is 6.12. The van der Waals surface area contributed by atoms with Crippen molar-refractivity contribution < 1.29 is 14.5 Å². The van der Waals surface area contributed by atoms with Crippen LogP contribution in [0.3, 0.4) is 0 Å². The maximum Gasteiger partial charge on any atom is 0.270 e. The molecule has 2 aromatic carbocycles. The Balaban J connectivity index is 1.93. The molecule has 28 heavy (non-hydrogen) atoms. The zero-order valence-corrected chi connectivity index (χ0v) is 16.0. The third-order valence-corrected chi connectivity index (χ3v) is 4.33. The average Bonchev–Trinajstić information content (AvgIpc) is 2.71. The molecule has 2 amide bonds. The Hall–Kier alpha value is -3.26. The molecule has 0 unspecified atom stereocenters. The number of carbonyl (C=O) groups is 2. The fourth-order valence-electron chi connectivity index (χ4n) is 2.64. The number of carbonyl (C=O) groups excluding carboxylic acids is 2. The normalized spacial score (nSPS) is 10.5. The van der Waals surface area contributed by atoms with Gasteiger partial charge in [0.15, 0.2) is 0 Å². The Morgan fingerprint density at radius 2 is 1.68 bits per heavy atom. The number of non-ortho nitro benzene ring substituents is 1. The van der Waals surface area contributed by atoms with Crippen LogP contribution in [0.4, 0.5) is 11.4 Å². The summed E-state index contributed by atoms with van der Waals surface area (Å²) in [6.07, 6.45) is 0. The second kappa shape index (κ2) is 10.2. The number of nitro groups is 1. The van der Waals surface area contributed by atoms with Gasteiger partial charge in [-0.25, -0.2) is 0 Å². The van der Waals surface area contributed by atoms with Crippen LogP contribution in [0, 0.1) is 10.1 Å². The van der Waals surface area contributed by atoms with Crippen molar-refractivity contribution in [2.75, 3.05) is 31.5 Å². The van der Waals surface area contributed by atoms with Gasteiger partial charge in [0, 0.05) is 42.0 Å².